The van der Waals surface area contributed by atoms with Gasteiger partial charge in [0.15, 0.2) is 0 Å². The lowest BCUT2D eigenvalue weighted by Gasteiger charge is -2.18. The Morgan fingerprint density at radius 3 is 2.63 bits per heavy atom. The highest BCUT2D eigenvalue weighted by Gasteiger charge is 2.20. The molecule has 0 saturated carbocycles. The Morgan fingerprint density at radius 1 is 1.26 bits per heavy atom. The van der Waals surface area contributed by atoms with Crippen LogP contribution in [0.4, 0.5) is 11.4 Å². The highest BCUT2D eigenvalue weighted by atomic mass is 35.5. The summed E-state index contributed by atoms with van der Waals surface area (Å²) < 4.78 is 4.97. The molecule has 2 aromatic rings. The highest BCUT2D eigenvalue weighted by Crippen LogP contribution is 2.27. The number of methoxy groups -OCH3 is 1. The first-order valence-corrected chi connectivity index (χ1v) is 8.86. The summed E-state index contributed by atoms with van der Waals surface area (Å²) in [6.07, 6.45) is 0. The van der Waals surface area contributed by atoms with Crippen molar-refractivity contribution in [2.24, 2.45) is 0 Å². The van der Waals surface area contributed by atoms with E-state index in [0.29, 0.717) is 34.4 Å². The third kappa shape index (κ3) is 5.56. The minimum absolute atomic E-state index is 0.164. The molecule has 7 nitrogen and oxygen atoms in total. The molecular formula is C18H19Cl2N3O4. The van der Waals surface area contributed by atoms with Crippen molar-refractivity contribution in [1.82, 2.24) is 5.32 Å². The van der Waals surface area contributed by atoms with Gasteiger partial charge in [0.25, 0.3) is 11.6 Å². The molecule has 0 aliphatic rings. The fourth-order valence-electron chi connectivity index (χ4n) is 2.48. The number of carbonyl (C=O) groups is 1. The molecule has 1 amide bonds. The number of rotatable bonds is 8. The van der Waals surface area contributed by atoms with Crippen LogP contribution in [-0.4, -0.2) is 31.1 Å². The first kappa shape index (κ1) is 21.0. The van der Waals surface area contributed by atoms with E-state index in [1.165, 1.54) is 18.2 Å². The van der Waals surface area contributed by atoms with Gasteiger partial charge in [-0.05, 0) is 30.7 Å². The van der Waals surface area contributed by atoms with E-state index in [0.717, 1.165) is 0 Å². The second-order valence-electron chi connectivity index (χ2n) is 5.77. The lowest BCUT2D eigenvalue weighted by atomic mass is 10.1. The van der Waals surface area contributed by atoms with Crippen LogP contribution in [0, 0.1) is 10.1 Å². The molecule has 0 saturated heterocycles. The van der Waals surface area contributed by atoms with Gasteiger partial charge in [0.2, 0.25) is 0 Å². The normalized spacial score (nSPS) is 11.7. The molecule has 2 N–H and O–H groups in total. The number of hydrogen-bond acceptors (Lipinski definition) is 5. The number of halogens is 2. The van der Waals surface area contributed by atoms with Crippen LogP contribution >= 0.6 is 23.2 Å². The monoisotopic (exact) mass is 411 g/mol. The summed E-state index contributed by atoms with van der Waals surface area (Å²) in [4.78, 5) is 23.3. The minimum Gasteiger partial charge on any atom is -0.383 e. The molecule has 0 fully saturated rings. The second-order valence-corrected chi connectivity index (χ2v) is 6.61. The number of non-ortho nitro benzene ring substituents is 1. The number of carbonyl (C=O) groups excluding carboxylic acids is 1. The van der Waals surface area contributed by atoms with Gasteiger partial charge in [-0.2, -0.15) is 0 Å². The van der Waals surface area contributed by atoms with Crippen molar-refractivity contribution in [1.29, 1.82) is 0 Å². The van der Waals surface area contributed by atoms with E-state index in [1.54, 1.807) is 32.2 Å². The van der Waals surface area contributed by atoms with E-state index in [-0.39, 0.29) is 11.3 Å². The van der Waals surface area contributed by atoms with Gasteiger partial charge in [-0.15, -0.1) is 0 Å². The topological polar surface area (TPSA) is 93.5 Å². The molecule has 0 spiro atoms. The first-order valence-electron chi connectivity index (χ1n) is 8.10. The fourth-order valence-corrected chi connectivity index (χ4v) is 3.05. The summed E-state index contributed by atoms with van der Waals surface area (Å²) in [5.41, 5.74) is 1.16. The zero-order chi connectivity index (χ0) is 20.0. The van der Waals surface area contributed by atoms with Crippen LogP contribution in [-0.2, 0) is 4.74 Å². The maximum absolute atomic E-state index is 12.8. The van der Waals surface area contributed by atoms with Crippen LogP contribution in [0.1, 0.15) is 28.9 Å². The molecule has 27 heavy (non-hydrogen) atoms. The van der Waals surface area contributed by atoms with Crippen molar-refractivity contribution in [3.05, 3.63) is 67.7 Å². The van der Waals surface area contributed by atoms with Crippen LogP contribution in [0.3, 0.4) is 0 Å². The van der Waals surface area contributed by atoms with Gasteiger partial charge in [0, 0.05) is 41.5 Å². The summed E-state index contributed by atoms with van der Waals surface area (Å²) in [5.74, 6) is -0.461. The molecular weight excluding hydrogens is 393 g/mol. The molecule has 9 heteroatoms. The Morgan fingerprint density at radius 2 is 2.00 bits per heavy atom. The van der Waals surface area contributed by atoms with Crippen LogP contribution in [0.25, 0.3) is 0 Å². The number of anilines is 1. The van der Waals surface area contributed by atoms with E-state index in [9.17, 15) is 14.9 Å². The Kier molecular flexibility index (Phi) is 7.41. The predicted octanol–water partition coefficient (Wildman–Crippen LogP) is 4.45. The van der Waals surface area contributed by atoms with Crippen LogP contribution in [0.15, 0.2) is 36.4 Å². The molecule has 0 bridgehead atoms. The molecule has 2 rings (SSSR count). The van der Waals surface area contributed by atoms with Gasteiger partial charge < -0.3 is 15.4 Å². The fraction of sp³-hybridized carbons (Fsp3) is 0.278. The Balaban J connectivity index is 2.26. The van der Waals surface area contributed by atoms with Crippen LogP contribution in [0.2, 0.25) is 10.0 Å². The second kappa shape index (κ2) is 9.55. The van der Waals surface area contributed by atoms with Crippen molar-refractivity contribution in [3.8, 4) is 0 Å². The molecule has 0 unspecified atom stereocenters. The average molecular weight is 412 g/mol. The van der Waals surface area contributed by atoms with Gasteiger partial charge >= 0.3 is 0 Å². The molecule has 0 aliphatic carbocycles. The highest BCUT2D eigenvalue weighted by molar-refractivity contribution is 6.35. The Bertz CT molecular complexity index is 845. The van der Waals surface area contributed by atoms with Gasteiger partial charge in [-0.3, -0.25) is 14.9 Å². The van der Waals surface area contributed by atoms with E-state index < -0.39 is 16.9 Å². The SMILES string of the molecule is COCCNc1ccc([N+](=O)[O-])cc1C(=O)N[C@@H](C)c1ccc(Cl)cc1Cl. The summed E-state index contributed by atoms with van der Waals surface area (Å²) in [6, 6.07) is 8.64. The number of nitro groups is 1. The maximum Gasteiger partial charge on any atom is 0.270 e. The van der Waals surface area contributed by atoms with Crippen molar-refractivity contribution < 1.29 is 14.5 Å². The number of amides is 1. The molecule has 0 aliphatic heterocycles. The zero-order valence-electron chi connectivity index (χ0n) is 14.8. The Hall–Kier alpha value is -2.35. The summed E-state index contributed by atoms with van der Waals surface area (Å²) in [6.45, 7) is 2.64. The number of hydrogen-bond donors (Lipinski definition) is 2. The van der Waals surface area contributed by atoms with E-state index in [4.69, 9.17) is 27.9 Å². The van der Waals surface area contributed by atoms with E-state index >= 15 is 0 Å². The van der Waals surface area contributed by atoms with Gasteiger partial charge in [-0.1, -0.05) is 29.3 Å². The summed E-state index contributed by atoms with van der Waals surface area (Å²) in [7, 11) is 1.56. The quantitative estimate of drug-likeness (QED) is 0.380. The first-order chi connectivity index (χ1) is 12.8. The van der Waals surface area contributed by atoms with Crippen molar-refractivity contribution in [3.63, 3.8) is 0 Å². The Labute approximate surface area is 166 Å². The number of nitrogens with zero attached hydrogens (tertiary/aromatic N) is 1. The molecule has 2 aromatic carbocycles. The zero-order valence-corrected chi connectivity index (χ0v) is 16.3. The van der Waals surface area contributed by atoms with Crippen LogP contribution in [0.5, 0.6) is 0 Å². The maximum atomic E-state index is 12.8. The lowest BCUT2D eigenvalue weighted by Crippen LogP contribution is -2.28. The van der Waals surface area contributed by atoms with E-state index in [1.807, 2.05) is 0 Å². The molecule has 0 radical (unpaired) electrons. The molecule has 0 aromatic heterocycles. The van der Waals surface area contributed by atoms with Gasteiger partial charge in [-0.25, -0.2) is 0 Å². The van der Waals surface area contributed by atoms with Crippen molar-refractivity contribution in [2.45, 2.75) is 13.0 Å². The molecule has 144 valence electrons. The number of ether oxygens (including phenoxy) is 1. The predicted molar refractivity (Wildman–Crippen MR) is 106 cm³/mol. The minimum atomic E-state index is -0.546. The average Bonchev–Trinajstić information content (AvgIpc) is 2.61. The summed E-state index contributed by atoms with van der Waals surface area (Å²) in [5, 5.41) is 17.8. The number of nitrogens with one attached hydrogen (secondary N) is 2. The van der Waals surface area contributed by atoms with E-state index in [2.05, 4.69) is 10.6 Å². The standard InChI is InChI=1S/C18H19Cl2N3O4/c1-11(14-5-3-12(19)9-16(14)20)22-18(24)15-10-13(23(25)26)4-6-17(15)21-7-8-27-2/h3-6,9-11,21H,7-8H2,1-2H3,(H,22,24)/t11-/m0/s1. The smallest absolute Gasteiger partial charge is 0.270 e. The third-order valence-corrected chi connectivity index (χ3v) is 4.42. The van der Waals surface area contributed by atoms with Gasteiger partial charge in [0.1, 0.15) is 0 Å². The van der Waals surface area contributed by atoms with Crippen molar-refractivity contribution >= 4 is 40.5 Å². The molecule has 0 heterocycles. The third-order valence-electron chi connectivity index (χ3n) is 3.86. The largest absolute Gasteiger partial charge is 0.383 e. The summed E-state index contributed by atoms with van der Waals surface area (Å²) >= 11 is 12.1. The number of nitro benzene ring substituents is 1. The van der Waals surface area contributed by atoms with Crippen LogP contribution < -0.4 is 10.6 Å². The lowest BCUT2D eigenvalue weighted by molar-refractivity contribution is -0.384. The van der Waals surface area contributed by atoms with Crippen molar-refractivity contribution in [2.75, 3.05) is 25.6 Å². The van der Waals surface area contributed by atoms with Gasteiger partial charge in [0.05, 0.1) is 23.1 Å². The molecule has 1 atom stereocenters. The number of benzene rings is 2.